The second-order valence-electron chi connectivity index (χ2n) is 8.15. The standard InChI is InChI=1S/C27H25N3O4S/c1-2-32-22-10-8-21(9-11-22)28-27(35)30(15-18-6-4-3-5-7-18)16-20-12-19-13-24-25(34-17-33-24)14-23(19)29-26(20)31/h3-14H,2,15-17H2,1H3,(H,28,35)(H,29,31). The van der Waals surface area contributed by atoms with E-state index in [-0.39, 0.29) is 12.4 Å². The van der Waals surface area contributed by atoms with Gasteiger partial charge in [-0.15, -0.1) is 0 Å². The van der Waals surface area contributed by atoms with Gasteiger partial charge >= 0.3 is 0 Å². The van der Waals surface area contributed by atoms with Crippen molar-refractivity contribution in [3.63, 3.8) is 0 Å². The number of benzene rings is 3. The summed E-state index contributed by atoms with van der Waals surface area (Å²) in [5, 5.41) is 4.68. The number of hydrogen-bond donors (Lipinski definition) is 2. The Morgan fingerprint density at radius 1 is 1.03 bits per heavy atom. The van der Waals surface area contributed by atoms with Crippen molar-refractivity contribution in [2.24, 2.45) is 0 Å². The van der Waals surface area contributed by atoms with Crippen molar-refractivity contribution < 1.29 is 14.2 Å². The molecule has 0 amide bonds. The molecule has 0 spiro atoms. The highest BCUT2D eigenvalue weighted by atomic mass is 32.1. The first kappa shape index (κ1) is 22.7. The van der Waals surface area contributed by atoms with Gasteiger partial charge in [0.15, 0.2) is 16.6 Å². The molecular weight excluding hydrogens is 462 g/mol. The largest absolute Gasteiger partial charge is 0.494 e. The molecule has 0 unspecified atom stereocenters. The lowest BCUT2D eigenvalue weighted by atomic mass is 10.1. The minimum absolute atomic E-state index is 0.168. The first-order valence-corrected chi connectivity index (χ1v) is 11.8. The van der Waals surface area contributed by atoms with Crippen LogP contribution in [0.3, 0.4) is 0 Å². The molecular formula is C27H25N3O4S. The monoisotopic (exact) mass is 487 g/mol. The van der Waals surface area contributed by atoms with E-state index in [4.69, 9.17) is 26.4 Å². The molecule has 1 aromatic heterocycles. The van der Waals surface area contributed by atoms with Gasteiger partial charge in [0.1, 0.15) is 5.75 Å². The molecule has 0 bridgehead atoms. The molecule has 0 radical (unpaired) electrons. The number of thiocarbonyl (C=S) groups is 1. The van der Waals surface area contributed by atoms with Crippen LogP contribution in [0, 0.1) is 0 Å². The Bertz CT molecular complexity index is 1400. The molecule has 5 rings (SSSR count). The summed E-state index contributed by atoms with van der Waals surface area (Å²) in [6.07, 6.45) is 0. The minimum atomic E-state index is -0.168. The zero-order chi connectivity index (χ0) is 24.2. The fraction of sp³-hybridized carbons (Fsp3) is 0.185. The third kappa shape index (κ3) is 5.22. The Balaban J connectivity index is 1.42. The van der Waals surface area contributed by atoms with Gasteiger partial charge in [-0.1, -0.05) is 30.3 Å². The van der Waals surface area contributed by atoms with Crippen LogP contribution in [0.1, 0.15) is 18.1 Å². The van der Waals surface area contributed by atoms with Gasteiger partial charge in [-0.2, -0.15) is 0 Å². The van der Waals surface area contributed by atoms with Crippen molar-refractivity contribution >= 4 is 33.9 Å². The number of anilines is 1. The van der Waals surface area contributed by atoms with Crippen LogP contribution < -0.4 is 25.1 Å². The molecule has 1 aliphatic heterocycles. The van der Waals surface area contributed by atoms with Gasteiger partial charge in [-0.3, -0.25) is 4.79 Å². The molecule has 2 N–H and O–H groups in total. The molecule has 0 aliphatic carbocycles. The number of fused-ring (bicyclic) bond motifs is 2. The predicted octanol–water partition coefficient (Wildman–Crippen LogP) is 5.05. The van der Waals surface area contributed by atoms with E-state index < -0.39 is 0 Å². The van der Waals surface area contributed by atoms with Crippen LogP contribution >= 0.6 is 12.2 Å². The van der Waals surface area contributed by atoms with Crippen molar-refractivity contribution in [1.29, 1.82) is 0 Å². The summed E-state index contributed by atoms with van der Waals surface area (Å²) < 4.78 is 16.5. The lowest BCUT2D eigenvalue weighted by Crippen LogP contribution is -2.35. The van der Waals surface area contributed by atoms with Crippen molar-refractivity contribution in [2.75, 3.05) is 18.7 Å². The Morgan fingerprint density at radius 2 is 1.77 bits per heavy atom. The number of H-pyrrole nitrogens is 1. The predicted molar refractivity (Wildman–Crippen MR) is 140 cm³/mol. The second-order valence-corrected chi connectivity index (χ2v) is 8.53. The van der Waals surface area contributed by atoms with Crippen LogP contribution in [0.4, 0.5) is 5.69 Å². The number of rotatable bonds is 7. The third-order valence-corrected chi connectivity index (χ3v) is 6.06. The summed E-state index contributed by atoms with van der Waals surface area (Å²) in [5.41, 5.74) is 3.06. The van der Waals surface area contributed by atoms with Crippen molar-refractivity contribution in [3.8, 4) is 17.2 Å². The summed E-state index contributed by atoms with van der Waals surface area (Å²) in [6, 6.07) is 23.2. The molecule has 1 aliphatic rings. The zero-order valence-electron chi connectivity index (χ0n) is 19.2. The van der Waals surface area contributed by atoms with Crippen molar-refractivity contribution in [3.05, 3.63) is 94.3 Å². The Hall–Kier alpha value is -4.04. The summed E-state index contributed by atoms with van der Waals surface area (Å²) in [7, 11) is 0. The summed E-state index contributed by atoms with van der Waals surface area (Å²) in [4.78, 5) is 17.9. The quantitative estimate of drug-likeness (QED) is 0.353. The molecule has 0 fully saturated rings. The highest BCUT2D eigenvalue weighted by molar-refractivity contribution is 7.80. The second kappa shape index (κ2) is 10.1. The van der Waals surface area contributed by atoms with Gasteiger partial charge in [-0.25, -0.2) is 0 Å². The molecule has 0 saturated heterocycles. The van der Waals surface area contributed by atoms with Crippen LogP contribution in [0.15, 0.2) is 77.6 Å². The molecule has 178 valence electrons. The maximum atomic E-state index is 13.0. The summed E-state index contributed by atoms with van der Waals surface area (Å²) in [6.45, 7) is 3.61. The summed E-state index contributed by atoms with van der Waals surface area (Å²) >= 11 is 5.78. The fourth-order valence-corrected chi connectivity index (χ4v) is 4.22. The van der Waals surface area contributed by atoms with Gasteiger partial charge in [0, 0.05) is 29.2 Å². The number of pyridine rings is 1. The molecule has 0 saturated carbocycles. The molecule has 3 aromatic carbocycles. The molecule has 8 heteroatoms. The fourth-order valence-electron chi connectivity index (χ4n) is 3.97. The van der Waals surface area contributed by atoms with Crippen LogP contribution in [0.2, 0.25) is 0 Å². The van der Waals surface area contributed by atoms with E-state index in [1.54, 1.807) is 6.07 Å². The molecule has 4 aromatic rings. The molecule has 35 heavy (non-hydrogen) atoms. The normalized spacial score (nSPS) is 11.9. The van der Waals surface area contributed by atoms with Crippen LogP contribution in [-0.2, 0) is 13.1 Å². The van der Waals surface area contributed by atoms with Crippen LogP contribution in [0.5, 0.6) is 17.2 Å². The van der Waals surface area contributed by atoms with Gasteiger partial charge in [0.2, 0.25) is 6.79 Å². The van der Waals surface area contributed by atoms with E-state index in [1.807, 2.05) is 78.6 Å². The van der Waals surface area contributed by atoms with E-state index in [0.29, 0.717) is 47.4 Å². The van der Waals surface area contributed by atoms with E-state index in [9.17, 15) is 4.79 Å². The number of ether oxygens (including phenoxy) is 3. The van der Waals surface area contributed by atoms with Crippen LogP contribution in [0.25, 0.3) is 10.9 Å². The van der Waals surface area contributed by atoms with Gasteiger partial charge in [0.05, 0.1) is 18.7 Å². The summed E-state index contributed by atoms with van der Waals surface area (Å²) in [5.74, 6) is 2.10. The molecule has 7 nitrogen and oxygen atoms in total. The number of aromatic nitrogens is 1. The van der Waals surface area contributed by atoms with Crippen molar-refractivity contribution in [1.82, 2.24) is 9.88 Å². The average Bonchev–Trinajstić information content (AvgIpc) is 3.32. The van der Waals surface area contributed by atoms with E-state index in [0.717, 1.165) is 22.4 Å². The Labute approximate surface area is 208 Å². The van der Waals surface area contributed by atoms with Gasteiger partial charge in [0.25, 0.3) is 5.56 Å². The maximum Gasteiger partial charge on any atom is 0.253 e. The molecule has 2 heterocycles. The lowest BCUT2D eigenvalue weighted by Gasteiger charge is -2.26. The minimum Gasteiger partial charge on any atom is -0.494 e. The number of nitrogens with one attached hydrogen (secondary N) is 2. The maximum absolute atomic E-state index is 13.0. The third-order valence-electron chi connectivity index (χ3n) is 5.70. The SMILES string of the molecule is CCOc1ccc(NC(=S)N(Cc2ccccc2)Cc2cc3cc4c(cc3[nH]c2=O)OCO4)cc1. The first-order chi connectivity index (χ1) is 17.1. The number of aromatic amines is 1. The Morgan fingerprint density at radius 3 is 2.51 bits per heavy atom. The molecule has 0 atom stereocenters. The van der Waals surface area contributed by atoms with Crippen molar-refractivity contribution in [2.45, 2.75) is 20.0 Å². The number of hydrogen-bond acceptors (Lipinski definition) is 5. The van der Waals surface area contributed by atoms with E-state index >= 15 is 0 Å². The highest BCUT2D eigenvalue weighted by Gasteiger charge is 2.18. The highest BCUT2D eigenvalue weighted by Crippen LogP contribution is 2.35. The Kier molecular flexibility index (Phi) is 6.54. The van der Waals surface area contributed by atoms with E-state index in [2.05, 4.69) is 10.3 Å². The van der Waals surface area contributed by atoms with Gasteiger partial charge in [-0.05, 0) is 61.1 Å². The topological polar surface area (TPSA) is 75.8 Å². The van der Waals surface area contributed by atoms with Crippen LogP contribution in [-0.4, -0.2) is 28.4 Å². The van der Waals surface area contributed by atoms with E-state index in [1.165, 1.54) is 0 Å². The van der Waals surface area contributed by atoms with Gasteiger partial charge < -0.3 is 29.4 Å². The average molecular weight is 488 g/mol. The zero-order valence-corrected chi connectivity index (χ0v) is 20.1. The first-order valence-electron chi connectivity index (χ1n) is 11.4. The smallest absolute Gasteiger partial charge is 0.253 e. The number of nitrogens with zero attached hydrogens (tertiary/aromatic N) is 1. The lowest BCUT2D eigenvalue weighted by molar-refractivity contribution is 0.174.